The second kappa shape index (κ2) is 6.13. The first-order valence-electron chi connectivity index (χ1n) is 7.63. The molecule has 1 aliphatic rings. The number of amides is 1. The van der Waals surface area contributed by atoms with Crippen LogP contribution in [0.5, 0.6) is 0 Å². The van der Waals surface area contributed by atoms with Crippen molar-refractivity contribution < 1.29 is 4.79 Å². The third kappa shape index (κ3) is 2.66. The monoisotopic (exact) mass is 297 g/mol. The Hall–Kier alpha value is -2.43. The molecule has 1 amide bonds. The Morgan fingerprint density at radius 2 is 2.23 bits per heavy atom. The minimum Gasteiger partial charge on any atom is -0.330 e. The van der Waals surface area contributed by atoms with E-state index in [1.54, 1.807) is 23.0 Å². The molecule has 22 heavy (non-hydrogen) atoms. The van der Waals surface area contributed by atoms with Crippen LogP contribution < -0.4 is 5.56 Å². The number of rotatable bonds is 3. The molecule has 5 heteroatoms. The molecule has 0 aromatic carbocycles. The zero-order valence-corrected chi connectivity index (χ0v) is 12.6. The summed E-state index contributed by atoms with van der Waals surface area (Å²) in [5.41, 5.74) is 1.23. The molecule has 3 heterocycles. The van der Waals surface area contributed by atoms with Gasteiger partial charge in [-0.2, -0.15) is 0 Å². The van der Waals surface area contributed by atoms with Gasteiger partial charge in [0, 0.05) is 37.1 Å². The number of aromatic nitrogens is 2. The predicted molar refractivity (Wildman–Crippen MR) is 83.6 cm³/mol. The minimum atomic E-state index is -0.137. The molecule has 3 rings (SSSR count). The van der Waals surface area contributed by atoms with Gasteiger partial charge < -0.3 is 9.47 Å². The maximum Gasteiger partial charge on any atom is 0.254 e. The highest BCUT2D eigenvalue weighted by molar-refractivity contribution is 5.94. The quantitative estimate of drug-likeness (QED) is 0.873. The molecule has 0 aliphatic carbocycles. The van der Waals surface area contributed by atoms with E-state index in [1.165, 1.54) is 6.07 Å². The lowest BCUT2D eigenvalue weighted by Crippen LogP contribution is -2.32. The van der Waals surface area contributed by atoms with Crippen LogP contribution in [0.2, 0.25) is 0 Å². The molecular formula is C17H19N3O2. The Kier molecular flexibility index (Phi) is 4.04. The Morgan fingerprint density at radius 1 is 1.36 bits per heavy atom. The van der Waals surface area contributed by atoms with Crippen molar-refractivity contribution in [3.63, 3.8) is 0 Å². The van der Waals surface area contributed by atoms with Crippen LogP contribution in [0.25, 0.3) is 0 Å². The van der Waals surface area contributed by atoms with Gasteiger partial charge in [0.25, 0.3) is 11.5 Å². The zero-order chi connectivity index (χ0) is 15.5. The van der Waals surface area contributed by atoms with Crippen LogP contribution in [-0.2, 0) is 6.54 Å². The van der Waals surface area contributed by atoms with Crippen molar-refractivity contribution in [3.8, 4) is 0 Å². The summed E-state index contributed by atoms with van der Waals surface area (Å²) in [5.74, 6) is -0.0893. The second-order valence-corrected chi connectivity index (χ2v) is 5.45. The van der Waals surface area contributed by atoms with Crippen LogP contribution in [-0.4, -0.2) is 26.9 Å². The summed E-state index contributed by atoms with van der Waals surface area (Å²) in [5, 5.41) is 0. The molecule has 114 valence electrons. The van der Waals surface area contributed by atoms with Gasteiger partial charge >= 0.3 is 0 Å². The van der Waals surface area contributed by atoms with Crippen LogP contribution >= 0.6 is 0 Å². The first-order valence-corrected chi connectivity index (χ1v) is 7.63. The Labute approximate surface area is 129 Å². The zero-order valence-electron chi connectivity index (χ0n) is 12.6. The number of pyridine rings is 2. The normalized spacial score (nSPS) is 17.7. The largest absolute Gasteiger partial charge is 0.330 e. The van der Waals surface area contributed by atoms with E-state index in [4.69, 9.17) is 0 Å². The molecule has 0 bridgehead atoms. The summed E-state index contributed by atoms with van der Waals surface area (Å²) >= 11 is 0. The van der Waals surface area contributed by atoms with Gasteiger partial charge in [-0.1, -0.05) is 6.07 Å². The van der Waals surface area contributed by atoms with E-state index in [-0.39, 0.29) is 17.5 Å². The highest BCUT2D eigenvalue weighted by Gasteiger charge is 2.31. The molecule has 0 radical (unpaired) electrons. The van der Waals surface area contributed by atoms with Crippen molar-refractivity contribution in [3.05, 3.63) is 64.3 Å². The van der Waals surface area contributed by atoms with E-state index in [9.17, 15) is 9.59 Å². The SMILES string of the molecule is CCn1ccc(C(=O)N2CCC[C@@H]2c2ccccn2)cc1=O. The fourth-order valence-electron chi connectivity index (χ4n) is 2.96. The molecule has 0 unspecified atom stereocenters. The number of hydrogen-bond donors (Lipinski definition) is 0. The lowest BCUT2D eigenvalue weighted by Gasteiger charge is -2.24. The van der Waals surface area contributed by atoms with E-state index in [0.717, 1.165) is 18.5 Å². The van der Waals surface area contributed by atoms with Gasteiger partial charge in [-0.15, -0.1) is 0 Å². The van der Waals surface area contributed by atoms with Gasteiger partial charge in [0.15, 0.2) is 0 Å². The Bertz CT molecular complexity index is 724. The topological polar surface area (TPSA) is 55.2 Å². The standard InChI is InChI=1S/C17H19N3O2/c1-2-19-11-8-13(12-16(19)21)17(22)20-10-5-7-15(20)14-6-3-4-9-18-14/h3-4,6,8-9,11-12,15H,2,5,7,10H2,1H3/t15-/m1/s1. The van der Waals surface area contributed by atoms with Crippen LogP contribution in [0.15, 0.2) is 47.5 Å². The summed E-state index contributed by atoms with van der Waals surface area (Å²) in [4.78, 5) is 30.9. The van der Waals surface area contributed by atoms with E-state index in [1.807, 2.05) is 30.0 Å². The predicted octanol–water partition coefficient (Wildman–Crippen LogP) is 2.24. The van der Waals surface area contributed by atoms with E-state index < -0.39 is 0 Å². The maximum absolute atomic E-state index is 12.7. The van der Waals surface area contributed by atoms with Crippen molar-refractivity contribution in [2.45, 2.75) is 32.4 Å². The van der Waals surface area contributed by atoms with E-state index in [2.05, 4.69) is 4.98 Å². The lowest BCUT2D eigenvalue weighted by molar-refractivity contribution is 0.0732. The first-order chi connectivity index (χ1) is 10.7. The van der Waals surface area contributed by atoms with Gasteiger partial charge in [-0.3, -0.25) is 14.6 Å². The van der Waals surface area contributed by atoms with Crippen LogP contribution in [0, 0.1) is 0 Å². The molecule has 1 fully saturated rings. The molecule has 2 aromatic heterocycles. The van der Waals surface area contributed by atoms with Gasteiger partial charge in [0.05, 0.1) is 11.7 Å². The number of nitrogens with zero attached hydrogens (tertiary/aromatic N) is 3. The fourth-order valence-corrected chi connectivity index (χ4v) is 2.96. The number of carbonyl (C=O) groups is 1. The van der Waals surface area contributed by atoms with Crippen molar-refractivity contribution >= 4 is 5.91 Å². The van der Waals surface area contributed by atoms with Crippen molar-refractivity contribution in [2.75, 3.05) is 6.54 Å². The summed E-state index contributed by atoms with van der Waals surface area (Å²) in [6.07, 6.45) is 5.30. The van der Waals surface area contributed by atoms with Gasteiger partial charge in [0.2, 0.25) is 0 Å². The molecule has 1 atom stereocenters. The van der Waals surface area contributed by atoms with Gasteiger partial charge in [-0.25, -0.2) is 0 Å². The van der Waals surface area contributed by atoms with Gasteiger partial charge in [-0.05, 0) is 38.0 Å². The number of hydrogen-bond acceptors (Lipinski definition) is 3. The average molecular weight is 297 g/mol. The smallest absolute Gasteiger partial charge is 0.254 e. The highest BCUT2D eigenvalue weighted by Crippen LogP contribution is 2.31. The van der Waals surface area contributed by atoms with E-state index in [0.29, 0.717) is 18.7 Å². The highest BCUT2D eigenvalue weighted by atomic mass is 16.2. The number of likely N-dealkylation sites (tertiary alicyclic amines) is 1. The Morgan fingerprint density at radius 3 is 2.91 bits per heavy atom. The average Bonchev–Trinajstić information content (AvgIpc) is 3.04. The summed E-state index contributed by atoms with van der Waals surface area (Å²) in [6, 6.07) is 8.91. The van der Waals surface area contributed by atoms with Crippen LogP contribution in [0.4, 0.5) is 0 Å². The summed E-state index contributed by atoms with van der Waals surface area (Å²) in [7, 11) is 0. The number of aryl methyl sites for hydroxylation is 1. The Balaban J connectivity index is 1.88. The third-order valence-corrected chi connectivity index (χ3v) is 4.13. The molecule has 0 N–H and O–H groups in total. The van der Waals surface area contributed by atoms with Crippen molar-refractivity contribution in [2.24, 2.45) is 0 Å². The molecule has 1 aliphatic heterocycles. The first kappa shape index (κ1) is 14.5. The lowest BCUT2D eigenvalue weighted by atomic mass is 10.1. The number of carbonyl (C=O) groups excluding carboxylic acids is 1. The van der Waals surface area contributed by atoms with Crippen molar-refractivity contribution in [1.29, 1.82) is 0 Å². The van der Waals surface area contributed by atoms with E-state index >= 15 is 0 Å². The fraction of sp³-hybridized carbons (Fsp3) is 0.353. The van der Waals surface area contributed by atoms with Crippen molar-refractivity contribution in [1.82, 2.24) is 14.5 Å². The molecular weight excluding hydrogens is 278 g/mol. The third-order valence-electron chi connectivity index (χ3n) is 4.13. The molecule has 5 nitrogen and oxygen atoms in total. The van der Waals surface area contributed by atoms with Crippen LogP contribution in [0.3, 0.4) is 0 Å². The van der Waals surface area contributed by atoms with Crippen LogP contribution in [0.1, 0.15) is 41.9 Å². The minimum absolute atomic E-state index is 0.00214. The van der Waals surface area contributed by atoms with Gasteiger partial charge in [0.1, 0.15) is 0 Å². The second-order valence-electron chi connectivity index (χ2n) is 5.45. The molecule has 0 saturated carbocycles. The summed E-state index contributed by atoms with van der Waals surface area (Å²) < 4.78 is 1.58. The maximum atomic E-state index is 12.7. The molecule has 1 saturated heterocycles. The summed E-state index contributed by atoms with van der Waals surface area (Å²) in [6.45, 7) is 3.21. The molecule has 2 aromatic rings. The molecule has 0 spiro atoms.